The number of aromatic amines is 1. The number of aromatic nitrogens is 2. The second-order valence-corrected chi connectivity index (χ2v) is 7.01. The second kappa shape index (κ2) is 5.91. The van der Waals surface area contributed by atoms with Crippen LogP contribution >= 0.6 is 12.2 Å². The van der Waals surface area contributed by atoms with E-state index in [4.69, 9.17) is 12.2 Å². The van der Waals surface area contributed by atoms with Crippen LogP contribution in [0.1, 0.15) is 44.6 Å². The Morgan fingerprint density at radius 1 is 1.38 bits per heavy atom. The van der Waals surface area contributed by atoms with Crippen molar-refractivity contribution in [2.24, 2.45) is 11.8 Å². The highest BCUT2D eigenvalue weighted by atomic mass is 32.1. The fourth-order valence-corrected chi connectivity index (χ4v) is 3.94. The van der Waals surface area contributed by atoms with E-state index in [1.165, 1.54) is 32.1 Å². The average Bonchev–Trinajstić information content (AvgIpc) is 2.72. The number of nitrogens with one attached hydrogen (secondary N) is 1. The lowest BCUT2D eigenvalue weighted by molar-refractivity contribution is 0.261. The van der Waals surface area contributed by atoms with Gasteiger partial charge in [0.2, 0.25) is 0 Å². The van der Waals surface area contributed by atoms with Crippen molar-refractivity contribution in [1.82, 2.24) is 9.55 Å². The maximum absolute atomic E-state index is 13.6. The molecule has 0 saturated heterocycles. The Labute approximate surface area is 130 Å². The molecule has 1 aliphatic carbocycles. The topological polar surface area (TPSA) is 20.7 Å². The maximum Gasteiger partial charge on any atom is 0.178 e. The molecule has 0 bridgehead atoms. The zero-order valence-electron chi connectivity index (χ0n) is 12.8. The zero-order chi connectivity index (χ0) is 15.0. The maximum atomic E-state index is 13.6. The largest absolute Gasteiger partial charge is 0.330 e. The SMILES string of the molecule is Cc1cc2c(cc1F)[nH]c(=S)n2CCC1CCCC(C)C1. The van der Waals surface area contributed by atoms with Gasteiger partial charge in [0.05, 0.1) is 11.0 Å². The Kier molecular flexibility index (Phi) is 4.16. The van der Waals surface area contributed by atoms with Crippen molar-refractivity contribution < 1.29 is 4.39 Å². The van der Waals surface area contributed by atoms with Crippen LogP contribution in [-0.4, -0.2) is 9.55 Å². The van der Waals surface area contributed by atoms with Gasteiger partial charge < -0.3 is 9.55 Å². The fraction of sp³-hybridized carbons (Fsp3) is 0.588. The number of rotatable bonds is 3. The van der Waals surface area contributed by atoms with E-state index in [1.54, 1.807) is 13.0 Å². The summed E-state index contributed by atoms with van der Waals surface area (Å²) in [6.07, 6.45) is 6.58. The molecule has 2 aromatic rings. The number of nitrogens with zero attached hydrogens (tertiary/aromatic N) is 1. The lowest BCUT2D eigenvalue weighted by Gasteiger charge is -2.26. The van der Waals surface area contributed by atoms with Crippen molar-refractivity contribution in [2.75, 3.05) is 0 Å². The first kappa shape index (κ1) is 14.8. The molecule has 4 heteroatoms. The number of halogens is 1. The molecule has 0 aliphatic heterocycles. The Morgan fingerprint density at radius 2 is 2.19 bits per heavy atom. The number of H-pyrrole nitrogens is 1. The molecule has 3 rings (SSSR count). The summed E-state index contributed by atoms with van der Waals surface area (Å²) in [5.41, 5.74) is 2.51. The van der Waals surface area contributed by atoms with Crippen molar-refractivity contribution in [2.45, 2.75) is 52.5 Å². The summed E-state index contributed by atoms with van der Waals surface area (Å²) in [7, 11) is 0. The molecule has 1 aromatic carbocycles. The van der Waals surface area contributed by atoms with Crippen LogP contribution in [0.3, 0.4) is 0 Å². The van der Waals surface area contributed by atoms with Crippen LogP contribution in [0.4, 0.5) is 4.39 Å². The van der Waals surface area contributed by atoms with Gasteiger partial charge in [-0.2, -0.15) is 0 Å². The van der Waals surface area contributed by atoms with Gasteiger partial charge in [0, 0.05) is 6.54 Å². The third kappa shape index (κ3) is 3.05. The van der Waals surface area contributed by atoms with Gasteiger partial charge in [-0.25, -0.2) is 4.39 Å². The molecule has 114 valence electrons. The number of aryl methyl sites for hydroxylation is 2. The normalized spacial score (nSPS) is 22.8. The highest BCUT2D eigenvalue weighted by Gasteiger charge is 2.19. The van der Waals surface area contributed by atoms with Crippen molar-refractivity contribution in [3.05, 3.63) is 28.3 Å². The standard InChI is InChI=1S/C17H23FN2S/c1-11-4-3-5-13(8-11)6-7-20-16-9-12(2)14(18)10-15(16)19-17(20)21/h9-11,13H,3-8H2,1-2H3,(H,19,21). The first-order valence-electron chi connectivity index (χ1n) is 7.93. The van der Waals surface area contributed by atoms with Crippen LogP contribution in [-0.2, 0) is 6.54 Å². The molecule has 0 amide bonds. The van der Waals surface area contributed by atoms with Crippen LogP contribution < -0.4 is 0 Å². The predicted molar refractivity (Wildman–Crippen MR) is 87.6 cm³/mol. The van der Waals surface area contributed by atoms with E-state index in [0.717, 1.165) is 29.4 Å². The van der Waals surface area contributed by atoms with Crippen LogP contribution in [0.2, 0.25) is 0 Å². The first-order chi connectivity index (χ1) is 10.0. The van der Waals surface area contributed by atoms with Crippen LogP contribution in [0.15, 0.2) is 12.1 Å². The number of benzene rings is 1. The third-order valence-corrected chi connectivity index (χ3v) is 5.18. The second-order valence-electron chi connectivity index (χ2n) is 6.63. The zero-order valence-corrected chi connectivity index (χ0v) is 13.6. The molecular formula is C17H23FN2S. The lowest BCUT2D eigenvalue weighted by Crippen LogP contribution is -2.15. The van der Waals surface area contributed by atoms with Crippen molar-refractivity contribution >= 4 is 23.3 Å². The summed E-state index contributed by atoms with van der Waals surface area (Å²) in [4.78, 5) is 3.13. The summed E-state index contributed by atoms with van der Waals surface area (Å²) < 4.78 is 16.5. The van der Waals surface area contributed by atoms with Crippen molar-refractivity contribution in [3.8, 4) is 0 Å². The average molecular weight is 306 g/mol. The summed E-state index contributed by atoms with van der Waals surface area (Å²) in [6.45, 7) is 5.09. The Bertz CT molecular complexity index is 701. The summed E-state index contributed by atoms with van der Waals surface area (Å²) in [6, 6.07) is 3.46. The minimum absolute atomic E-state index is 0.174. The van der Waals surface area contributed by atoms with Gasteiger partial charge in [-0.05, 0) is 61.5 Å². The molecule has 1 fully saturated rings. The van der Waals surface area contributed by atoms with Crippen LogP contribution in [0.5, 0.6) is 0 Å². The fourth-order valence-electron chi connectivity index (χ4n) is 3.64. The molecule has 1 aromatic heterocycles. The van der Waals surface area contributed by atoms with E-state index in [1.807, 2.05) is 6.07 Å². The molecular weight excluding hydrogens is 283 g/mol. The molecule has 2 nitrogen and oxygen atoms in total. The van der Waals surface area contributed by atoms with Gasteiger partial charge in [0.15, 0.2) is 4.77 Å². The summed E-state index contributed by atoms with van der Waals surface area (Å²) in [5, 5.41) is 0. The molecule has 1 N–H and O–H groups in total. The first-order valence-corrected chi connectivity index (χ1v) is 8.34. The monoisotopic (exact) mass is 306 g/mol. The smallest absolute Gasteiger partial charge is 0.178 e. The number of fused-ring (bicyclic) bond motifs is 1. The van der Waals surface area contributed by atoms with Gasteiger partial charge in [-0.3, -0.25) is 0 Å². The third-order valence-electron chi connectivity index (χ3n) is 4.86. The summed E-state index contributed by atoms with van der Waals surface area (Å²) >= 11 is 5.41. The van der Waals surface area contributed by atoms with Crippen molar-refractivity contribution in [1.29, 1.82) is 0 Å². The van der Waals surface area contributed by atoms with Crippen LogP contribution in [0, 0.1) is 29.3 Å². The van der Waals surface area contributed by atoms with E-state index in [9.17, 15) is 4.39 Å². The minimum Gasteiger partial charge on any atom is -0.330 e. The molecule has 21 heavy (non-hydrogen) atoms. The molecule has 1 heterocycles. The van der Waals surface area contributed by atoms with E-state index < -0.39 is 0 Å². The molecule has 0 spiro atoms. The van der Waals surface area contributed by atoms with Gasteiger partial charge >= 0.3 is 0 Å². The Morgan fingerprint density at radius 3 is 2.95 bits per heavy atom. The molecule has 2 unspecified atom stereocenters. The molecule has 1 saturated carbocycles. The van der Waals surface area contributed by atoms with Gasteiger partial charge in [-0.15, -0.1) is 0 Å². The highest BCUT2D eigenvalue weighted by Crippen LogP contribution is 2.31. The molecule has 2 atom stereocenters. The number of hydrogen-bond donors (Lipinski definition) is 1. The molecule has 0 radical (unpaired) electrons. The minimum atomic E-state index is -0.174. The van der Waals surface area contributed by atoms with E-state index >= 15 is 0 Å². The van der Waals surface area contributed by atoms with Crippen LogP contribution in [0.25, 0.3) is 11.0 Å². The van der Waals surface area contributed by atoms with Gasteiger partial charge in [0.1, 0.15) is 5.82 Å². The van der Waals surface area contributed by atoms with Gasteiger partial charge in [-0.1, -0.05) is 26.2 Å². The number of imidazole rings is 1. The van der Waals surface area contributed by atoms with Gasteiger partial charge in [0.25, 0.3) is 0 Å². The highest BCUT2D eigenvalue weighted by molar-refractivity contribution is 7.71. The van der Waals surface area contributed by atoms with E-state index in [-0.39, 0.29) is 5.82 Å². The summed E-state index contributed by atoms with van der Waals surface area (Å²) in [5.74, 6) is 1.49. The van der Waals surface area contributed by atoms with E-state index in [2.05, 4.69) is 16.5 Å². The Balaban J connectivity index is 1.82. The van der Waals surface area contributed by atoms with E-state index in [0.29, 0.717) is 10.3 Å². The lowest BCUT2D eigenvalue weighted by atomic mass is 9.81. The predicted octanol–water partition coefficient (Wildman–Crippen LogP) is 5.36. The Hall–Kier alpha value is -1.16. The molecule has 1 aliphatic rings. The van der Waals surface area contributed by atoms with Crippen molar-refractivity contribution in [3.63, 3.8) is 0 Å². The number of hydrogen-bond acceptors (Lipinski definition) is 1. The quantitative estimate of drug-likeness (QED) is 0.757.